The van der Waals surface area contributed by atoms with Crippen LogP contribution in [0.4, 0.5) is 0 Å². The van der Waals surface area contributed by atoms with Crippen LogP contribution in [-0.2, 0) is 0 Å². The lowest BCUT2D eigenvalue weighted by molar-refractivity contribution is 1.69. The Morgan fingerprint density at radius 2 is 0.909 bits per heavy atom. The second-order valence-corrected chi connectivity index (χ2v) is 8.66. The molecular formula is C21H18P+. The third-order valence-corrected chi connectivity index (χ3v) is 8.12. The van der Waals surface area contributed by atoms with E-state index in [-0.39, 0.29) is 0 Å². The van der Waals surface area contributed by atoms with Crippen molar-refractivity contribution in [1.29, 1.82) is 0 Å². The maximum absolute atomic E-state index is 5.80. The molecule has 0 heterocycles. The smallest absolute Gasteiger partial charge is 0.116 e. The fourth-order valence-corrected chi connectivity index (χ4v) is 6.66. The summed E-state index contributed by atoms with van der Waals surface area (Å²) in [5, 5.41) is 4.01. The van der Waals surface area contributed by atoms with Gasteiger partial charge in [0.1, 0.15) is 29.3 Å². The van der Waals surface area contributed by atoms with E-state index in [4.69, 9.17) is 6.42 Å². The number of terminal acetylenes is 1. The Bertz CT molecular complexity index is 659. The van der Waals surface area contributed by atoms with E-state index in [0.717, 1.165) is 6.16 Å². The van der Waals surface area contributed by atoms with Crippen LogP contribution >= 0.6 is 7.26 Å². The van der Waals surface area contributed by atoms with Gasteiger partial charge in [-0.2, -0.15) is 0 Å². The molecule has 0 fully saturated rings. The molecule has 0 aromatic heterocycles. The molecule has 0 amide bonds. The molecular weight excluding hydrogens is 283 g/mol. The molecule has 0 aliphatic carbocycles. The van der Waals surface area contributed by atoms with Crippen molar-refractivity contribution < 1.29 is 0 Å². The van der Waals surface area contributed by atoms with E-state index in [1.54, 1.807) is 0 Å². The molecule has 0 spiro atoms. The van der Waals surface area contributed by atoms with Crippen molar-refractivity contribution in [2.24, 2.45) is 0 Å². The number of benzene rings is 3. The van der Waals surface area contributed by atoms with Gasteiger partial charge in [0.05, 0.1) is 0 Å². The SMILES string of the molecule is C#CC[P+](c1ccccc1)(c1ccccc1)c1ccccc1. The lowest BCUT2D eigenvalue weighted by Crippen LogP contribution is -2.32. The van der Waals surface area contributed by atoms with Gasteiger partial charge < -0.3 is 0 Å². The first-order valence-corrected chi connectivity index (χ1v) is 9.34. The van der Waals surface area contributed by atoms with Crippen molar-refractivity contribution in [3.8, 4) is 12.3 Å². The summed E-state index contributed by atoms with van der Waals surface area (Å²) in [4.78, 5) is 0. The molecule has 1 heteroatoms. The van der Waals surface area contributed by atoms with Gasteiger partial charge in [-0.05, 0) is 36.4 Å². The number of rotatable bonds is 4. The topological polar surface area (TPSA) is 0 Å². The van der Waals surface area contributed by atoms with E-state index in [0.29, 0.717) is 0 Å². The predicted octanol–water partition coefficient (Wildman–Crippen LogP) is 3.61. The quantitative estimate of drug-likeness (QED) is 0.510. The minimum absolute atomic E-state index is 0.741. The first kappa shape index (κ1) is 14.6. The maximum Gasteiger partial charge on any atom is 0.133 e. The van der Waals surface area contributed by atoms with Gasteiger partial charge in [0.25, 0.3) is 0 Å². The fraction of sp³-hybridized carbons (Fsp3) is 0.0476. The standard InChI is InChI=1S/C21H18P/c1-2-18-22(19-12-6-3-7-13-19,20-14-8-4-9-15-20)21-16-10-5-11-17-21/h1,3-17H,18H2/q+1. The molecule has 3 aromatic carbocycles. The Morgan fingerprint density at radius 3 is 1.18 bits per heavy atom. The van der Waals surface area contributed by atoms with Gasteiger partial charge in [0, 0.05) is 0 Å². The predicted molar refractivity (Wildman–Crippen MR) is 98.8 cm³/mol. The third-order valence-electron chi connectivity index (χ3n) is 3.92. The molecule has 0 saturated carbocycles. The molecule has 106 valence electrons. The van der Waals surface area contributed by atoms with Crippen LogP contribution in [0.25, 0.3) is 0 Å². The number of hydrogen-bond donors (Lipinski definition) is 0. The zero-order valence-electron chi connectivity index (χ0n) is 12.4. The highest BCUT2D eigenvalue weighted by molar-refractivity contribution is 7.95. The summed E-state index contributed by atoms with van der Waals surface area (Å²) < 4.78 is 0. The van der Waals surface area contributed by atoms with Gasteiger partial charge in [-0.15, -0.1) is 6.42 Å². The molecule has 0 atom stereocenters. The molecule has 0 saturated heterocycles. The largest absolute Gasteiger partial charge is 0.133 e. The average molecular weight is 301 g/mol. The summed E-state index contributed by atoms with van der Waals surface area (Å²) in [5.41, 5.74) is 0. The third kappa shape index (κ3) is 2.57. The normalized spacial score (nSPS) is 10.9. The van der Waals surface area contributed by atoms with Gasteiger partial charge in [-0.25, -0.2) is 0 Å². The summed E-state index contributed by atoms with van der Waals surface area (Å²) in [5.74, 6) is 2.95. The molecule has 0 unspecified atom stereocenters. The molecule has 3 aromatic rings. The Morgan fingerprint density at radius 1 is 0.591 bits per heavy atom. The summed E-state index contributed by atoms with van der Waals surface area (Å²) in [7, 11) is -1.79. The van der Waals surface area contributed by atoms with Crippen molar-refractivity contribution >= 4 is 23.2 Å². The first-order chi connectivity index (χ1) is 10.9. The summed E-state index contributed by atoms with van der Waals surface area (Å²) in [6, 6.07) is 32.1. The van der Waals surface area contributed by atoms with Crippen molar-refractivity contribution in [3.63, 3.8) is 0 Å². The zero-order chi connectivity index (χ0) is 15.3. The summed E-state index contributed by atoms with van der Waals surface area (Å²) in [6.45, 7) is 0. The molecule has 0 nitrogen and oxygen atoms in total. The average Bonchev–Trinajstić information content (AvgIpc) is 2.62. The lowest BCUT2D eigenvalue weighted by Gasteiger charge is -2.25. The zero-order valence-corrected chi connectivity index (χ0v) is 13.3. The van der Waals surface area contributed by atoms with Crippen LogP contribution in [0.3, 0.4) is 0 Å². The number of hydrogen-bond acceptors (Lipinski definition) is 0. The van der Waals surface area contributed by atoms with Crippen LogP contribution in [0.2, 0.25) is 0 Å². The molecule has 3 rings (SSSR count). The first-order valence-electron chi connectivity index (χ1n) is 7.36. The van der Waals surface area contributed by atoms with Crippen LogP contribution in [0, 0.1) is 12.3 Å². The summed E-state index contributed by atoms with van der Waals surface area (Å²) >= 11 is 0. The van der Waals surface area contributed by atoms with Crippen molar-refractivity contribution in [3.05, 3.63) is 91.0 Å². The minimum Gasteiger partial charge on any atom is -0.116 e. The van der Waals surface area contributed by atoms with Crippen LogP contribution in [-0.4, -0.2) is 6.16 Å². The van der Waals surface area contributed by atoms with Gasteiger partial charge in [0.15, 0.2) is 0 Å². The van der Waals surface area contributed by atoms with E-state index >= 15 is 0 Å². The van der Waals surface area contributed by atoms with Crippen molar-refractivity contribution in [2.45, 2.75) is 0 Å². The van der Waals surface area contributed by atoms with Crippen molar-refractivity contribution in [2.75, 3.05) is 6.16 Å². The molecule has 0 bridgehead atoms. The highest BCUT2D eigenvalue weighted by Crippen LogP contribution is 2.54. The van der Waals surface area contributed by atoms with E-state index in [2.05, 4.69) is 96.9 Å². The van der Waals surface area contributed by atoms with E-state index in [1.807, 2.05) is 0 Å². The fourth-order valence-electron chi connectivity index (χ4n) is 2.91. The summed E-state index contributed by atoms with van der Waals surface area (Å²) in [6.07, 6.45) is 6.55. The van der Waals surface area contributed by atoms with Crippen LogP contribution in [0.5, 0.6) is 0 Å². The minimum atomic E-state index is -1.79. The molecule has 22 heavy (non-hydrogen) atoms. The Labute approximate surface area is 133 Å². The Kier molecular flexibility index (Phi) is 4.38. The molecule has 0 radical (unpaired) electrons. The second kappa shape index (κ2) is 6.61. The van der Waals surface area contributed by atoms with Crippen LogP contribution in [0.1, 0.15) is 0 Å². The van der Waals surface area contributed by atoms with E-state index in [1.165, 1.54) is 15.9 Å². The van der Waals surface area contributed by atoms with Crippen molar-refractivity contribution in [1.82, 2.24) is 0 Å². The molecule has 0 N–H and O–H groups in total. The molecule has 0 aliphatic rings. The lowest BCUT2D eigenvalue weighted by atomic mass is 10.4. The Hall–Kier alpha value is -2.35. The van der Waals surface area contributed by atoms with Crippen LogP contribution < -0.4 is 15.9 Å². The highest BCUT2D eigenvalue weighted by Gasteiger charge is 2.44. The second-order valence-electron chi connectivity index (χ2n) is 5.18. The monoisotopic (exact) mass is 301 g/mol. The highest BCUT2D eigenvalue weighted by atomic mass is 31.2. The van der Waals surface area contributed by atoms with Gasteiger partial charge in [0.2, 0.25) is 0 Å². The maximum atomic E-state index is 5.80. The van der Waals surface area contributed by atoms with Gasteiger partial charge in [-0.3, -0.25) is 0 Å². The van der Waals surface area contributed by atoms with E-state index < -0.39 is 7.26 Å². The van der Waals surface area contributed by atoms with Crippen LogP contribution in [0.15, 0.2) is 91.0 Å². The Balaban J connectivity index is 2.32. The molecule has 0 aliphatic heterocycles. The van der Waals surface area contributed by atoms with E-state index in [9.17, 15) is 0 Å². The van der Waals surface area contributed by atoms with Gasteiger partial charge >= 0.3 is 0 Å². The van der Waals surface area contributed by atoms with Gasteiger partial charge in [-0.1, -0.05) is 60.5 Å².